The van der Waals surface area contributed by atoms with E-state index in [2.05, 4.69) is 4.99 Å². The summed E-state index contributed by atoms with van der Waals surface area (Å²) in [5.41, 5.74) is 8.04. The van der Waals surface area contributed by atoms with Crippen LogP contribution in [0.5, 0.6) is 0 Å². The van der Waals surface area contributed by atoms with Crippen LogP contribution in [0.1, 0.15) is 24.2 Å². The van der Waals surface area contributed by atoms with Crippen LogP contribution in [-0.2, 0) is 0 Å². The van der Waals surface area contributed by atoms with Gasteiger partial charge < -0.3 is 11.1 Å². The Morgan fingerprint density at radius 2 is 2.00 bits per heavy atom. The van der Waals surface area contributed by atoms with Crippen molar-refractivity contribution in [2.75, 3.05) is 0 Å². The number of nitriles is 1. The average Bonchev–Trinajstić information content (AvgIpc) is 2.69. The van der Waals surface area contributed by atoms with Crippen molar-refractivity contribution in [1.82, 2.24) is 4.57 Å². The minimum atomic E-state index is -0.910. The minimum Gasteiger partial charge on any atom is -0.386 e. The molecule has 0 aliphatic heterocycles. The molecule has 7 heteroatoms. The predicted molar refractivity (Wildman–Crippen MR) is 117 cm³/mol. The summed E-state index contributed by atoms with van der Waals surface area (Å²) in [6.07, 6.45) is 0.943. The molecule has 0 saturated heterocycles. The molecule has 0 bridgehead atoms. The van der Waals surface area contributed by atoms with Gasteiger partial charge in [-0.1, -0.05) is 41.4 Å². The second-order valence-corrected chi connectivity index (χ2v) is 7.16. The number of pyridine rings is 1. The normalized spacial score (nSPS) is 13.7. The molecule has 2 aromatic carbocycles. The summed E-state index contributed by atoms with van der Waals surface area (Å²) in [7, 11) is 0. The van der Waals surface area contributed by atoms with Crippen LogP contribution >= 0.6 is 11.6 Å². The third-order valence-corrected chi connectivity index (χ3v) is 5.03. The van der Waals surface area contributed by atoms with Gasteiger partial charge in [0.15, 0.2) is 0 Å². The molecule has 3 rings (SSSR count). The molecule has 146 valence electrons. The van der Waals surface area contributed by atoms with Crippen molar-refractivity contribution >= 4 is 34.4 Å². The topological polar surface area (TPSA) is 108 Å². The van der Waals surface area contributed by atoms with E-state index in [0.29, 0.717) is 27.2 Å². The van der Waals surface area contributed by atoms with Crippen molar-refractivity contribution in [3.05, 3.63) is 75.2 Å². The van der Waals surface area contributed by atoms with E-state index in [-0.39, 0.29) is 11.4 Å². The number of nitrogens with zero attached hydrogens (tertiary/aromatic N) is 3. The third kappa shape index (κ3) is 3.91. The van der Waals surface area contributed by atoms with Crippen LogP contribution in [0.3, 0.4) is 0 Å². The summed E-state index contributed by atoms with van der Waals surface area (Å²) in [6.45, 7) is 3.76. The first-order valence-corrected chi connectivity index (χ1v) is 9.39. The number of aliphatic imine (C=N–C) groups is 1. The van der Waals surface area contributed by atoms with Crippen LogP contribution in [-0.4, -0.2) is 16.6 Å². The number of aromatic nitrogens is 1. The van der Waals surface area contributed by atoms with Crippen molar-refractivity contribution in [1.29, 1.82) is 10.7 Å². The first kappa shape index (κ1) is 20.3. The SMILES string of the molecule is Cc1ccc(-n2c(C(C)N=C(N)C(C#N)C=N)cc3cccc(Cl)c3c2=O)cc1. The van der Waals surface area contributed by atoms with E-state index in [0.717, 1.165) is 11.8 Å². The zero-order valence-corrected chi connectivity index (χ0v) is 16.8. The van der Waals surface area contributed by atoms with Crippen LogP contribution < -0.4 is 11.3 Å². The number of halogens is 1. The van der Waals surface area contributed by atoms with Crippen LogP contribution in [0, 0.1) is 29.6 Å². The Bertz CT molecular complexity index is 1200. The number of fused-ring (bicyclic) bond motifs is 1. The quantitative estimate of drug-likeness (QED) is 0.491. The molecule has 29 heavy (non-hydrogen) atoms. The molecular formula is C22H20ClN5O. The number of benzene rings is 2. The first-order valence-electron chi connectivity index (χ1n) is 9.02. The van der Waals surface area contributed by atoms with E-state index in [1.165, 1.54) is 0 Å². The van der Waals surface area contributed by atoms with Gasteiger partial charge in [-0.3, -0.25) is 14.4 Å². The molecule has 3 N–H and O–H groups in total. The summed E-state index contributed by atoms with van der Waals surface area (Å²) in [4.78, 5) is 17.8. The lowest BCUT2D eigenvalue weighted by molar-refractivity contribution is 0.731. The van der Waals surface area contributed by atoms with E-state index >= 15 is 0 Å². The van der Waals surface area contributed by atoms with Gasteiger partial charge in [0.05, 0.1) is 28.2 Å². The second kappa shape index (κ2) is 8.29. The fourth-order valence-electron chi connectivity index (χ4n) is 3.17. The number of nitrogens with one attached hydrogen (secondary N) is 1. The van der Waals surface area contributed by atoms with Gasteiger partial charge in [0, 0.05) is 11.9 Å². The van der Waals surface area contributed by atoms with Gasteiger partial charge in [-0.05, 0) is 43.5 Å². The highest BCUT2D eigenvalue weighted by Gasteiger charge is 2.19. The lowest BCUT2D eigenvalue weighted by Gasteiger charge is -2.19. The van der Waals surface area contributed by atoms with Gasteiger partial charge >= 0.3 is 0 Å². The summed E-state index contributed by atoms with van der Waals surface area (Å²) in [5, 5.41) is 18.0. The summed E-state index contributed by atoms with van der Waals surface area (Å²) < 4.78 is 1.57. The number of nitrogens with two attached hydrogens (primary N) is 1. The highest BCUT2D eigenvalue weighted by atomic mass is 35.5. The molecule has 2 atom stereocenters. The maximum absolute atomic E-state index is 13.4. The molecule has 0 radical (unpaired) electrons. The molecule has 3 aromatic rings. The van der Waals surface area contributed by atoms with E-state index in [4.69, 9.17) is 28.0 Å². The Morgan fingerprint density at radius 1 is 1.31 bits per heavy atom. The van der Waals surface area contributed by atoms with Gasteiger partial charge in [-0.15, -0.1) is 0 Å². The Labute approximate surface area is 173 Å². The molecule has 0 aliphatic rings. The maximum atomic E-state index is 13.4. The average molecular weight is 406 g/mol. The molecule has 0 aliphatic carbocycles. The number of aryl methyl sites for hydroxylation is 1. The lowest BCUT2D eigenvalue weighted by Crippen LogP contribution is -2.26. The van der Waals surface area contributed by atoms with Crippen molar-refractivity contribution in [3.8, 4) is 11.8 Å². The molecule has 0 fully saturated rings. The number of hydrogen-bond acceptors (Lipinski definition) is 4. The van der Waals surface area contributed by atoms with Gasteiger partial charge in [-0.25, -0.2) is 0 Å². The second-order valence-electron chi connectivity index (χ2n) is 6.75. The minimum absolute atomic E-state index is 0.0316. The predicted octanol–water partition coefficient (Wildman–Crippen LogP) is 4.16. The molecule has 0 spiro atoms. The molecule has 0 amide bonds. The van der Waals surface area contributed by atoms with Crippen molar-refractivity contribution in [2.24, 2.45) is 16.6 Å². The fraction of sp³-hybridized carbons (Fsp3) is 0.182. The first-order chi connectivity index (χ1) is 13.9. The Morgan fingerprint density at radius 3 is 2.62 bits per heavy atom. The molecule has 0 saturated carbocycles. The van der Waals surface area contributed by atoms with Crippen LogP contribution in [0.25, 0.3) is 16.5 Å². The van der Waals surface area contributed by atoms with Gasteiger partial charge in [0.1, 0.15) is 11.8 Å². The molecule has 1 heterocycles. The summed E-state index contributed by atoms with van der Waals surface area (Å²) >= 11 is 6.32. The number of hydrogen-bond donors (Lipinski definition) is 2. The smallest absolute Gasteiger partial charge is 0.264 e. The Hall–Kier alpha value is -3.43. The van der Waals surface area contributed by atoms with Gasteiger partial charge in [0.2, 0.25) is 0 Å². The molecule has 1 aromatic heterocycles. The maximum Gasteiger partial charge on any atom is 0.264 e. The van der Waals surface area contributed by atoms with E-state index < -0.39 is 12.0 Å². The van der Waals surface area contributed by atoms with Gasteiger partial charge in [0.25, 0.3) is 5.56 Å². The van der Waals surface area contributed by atoms with Gasteiger partial charge in [-0.2, -0.15) is 5.26 Å². The van der Waals surface area contributed by atoms with Crippen molar-refractivity contribution in [3.63, 3.8) is 0 Å². The zero-order chi connectivity index (χ0) is 21.1. The highest BCUT2D eigenvalue weighted by Crippen LogP contribution is 2.27. The van der Waals surface area contributed by atoms with Crippen LogP contribution in [0.15, 0.2) is 58.3 Å². The Kier molecular flexibility index (Phi) is 5.81. The summed E-state index contributed by atoms with van der Waals surface area (Å²) in [6, 6.07) is 16.1. The third-order valence-electron chi connectivity index (χ3n) is 4.71. The number of amidine groups is 1. The van der Waals surface area contributed by atoms with E-state index in [9.17, 15) is 4.79 Å². The highest BCUT2D eigenvalue weighted by molar-refractivity contribution is 6.35. The fourth-order valence-corrected chi connectivity index (χ4v) is 3.43. The molecular weight excluding hydrogens is 386 g/mol. The van der Waals surface area contributed by atoms with E-state index in [1.807, 2.05) is 49.4 Å². The largest absolute Gasteiger partial charge is 0.386 e. The standard InChI is InChI=1S/C22H20ClN5O/c1-13-6-8-17(9-7-13)28-19(14(2)27-21(26)16(11-24)12-25)10-15-4-3-5-18(23)20(15)22(28)29/h3-11,14,16,24H,1-2H3,(H2,26,27). The summed E-state index contributed by atoms with van der Waals surface area (Å²) in [5.74, 6) is -0.879. The zero-order valence-electron chi connectivity index (χ0n) is 16.1. The molecule has 6 nitrogen and oxygen atoms in total. The van der Waals surface area contributed by atoms with Crippen LogP contribution in [0.2, 0.25) is 5.02 Å². The van der Waals surface area contributed by atoms with E-state index in [1.54, 1.807) is 23.6 Å². The number of rotatable bonds is 5. The van der Waals surface area contributed by atoms with Crippen molar-refractivity contribution < 1.29 is 0 Å². The van der Waals surface area contributed by atoms with Crippen LogP contribution in [0.4, 0.5) is 0 Å². The molecule has 2 unspecified atom stereocenters. The lowest BCUT2D eigenvalue weighted by atomic mass is 10.1. The Balaban J connectivity index is 2.30. The monoisotopic (exact) mass is 405 g/mol. The van der Waals surface area contributed by atoms with Crippen molar-refractivity contribution in [2.45, 2.75) is 19.9 Å².